The summed E-state index contributed by atoms with van der Waals surface area (Å²) in [5.41, 5.74) is 1.80. The second kappa shape index (κ2) is 5.95. The molecule has 7 heteroatoms. The van der Waals surface area contributed by atoms with Crippen molar-refractivity contribution in [1.29, 1.82) is 0 Å². The smallest absolute Gasteiger partial charge is 0.326 e. The fraction of sp³-hybridized carbons (Fsp3) is 0.615. The summed E-state index contributed by atoms with van der Waals surface area (Å²) in [6.07, 6.45) is 1.47. The van der Waals surface area contributed by atoms with E-state index in [4.69, 9.17) is 0 Å². The number of rotatable bonds is 5. The predicted octanol–water partition coefficient (Wildman–Crippen LogP) is 1.80. The van der Waals surface area contributed by atoms with Crippen LogP contribution in [0, 0.1) is 0 Å². The van der Waals surface area contributed by atoms with Crippen molar-refractivity contribution in [3.63, 3.8) is 0 Å². The average Bonchev–Trinajstić information content (AvgIpc) is 2.93. The van der Waals surface area contributed by atoms with Crippen LogP contribution in [0.3, 0.4) is 0 Å². The number of nitrogens with zero attached hydrogens (tertiary/aromatic N) is 3. The van der Waals surface area contributed by atoms with Gasteiger partial charge in [-0.25, -0.2) is 4.79 Å². The predicted molar refractivity (Wildman–Crippen MR) is 76.2 cm³/mol. The van der Waals surface area contributed by atoms with E-state index in [0.717, 1.165) is 22.3 Å². The molecule has 6 nitrogen and oxygen atoms in total. The Morgan fingerprint density at radius 2 is 2.20 bits per heavy atom. The maximum Gasteiger partial charge on any atom is 0.326 e. The minimum atomic E-state index is -0.940. The number of carboxylic acid groups (broad SMARTS) is 1. The molecule has 0 spiro atoms. The van der Waals surface area contributed by atoms with Gasteiger partial charge in [0, 0.05) is 13.0 Å². The van der Waals surface area contributed by atoms with Gasteiger partial charge in [-0.05, 0) is 35.7 Å². The number of carbonyl (C=O) groups is 2. The normalized spacial score (nSPS) is 18.9. The Kier molecular flexibility index (Phi) is 4.47. The molecule has 2 heterocycles. The molecule has 1 saturated heterocycles. The Bertz CT molecular complexity index is 541. The molecule has 110 valence electrons. The summed E-state index contributed by atoms with van der Waals surface area (Å²) in [7, 11) is 0. The van der Waals surface area contributed by atoms with Gasteiger partial charge in [-0.1, -0.05) is 6.92 Å². The number of carboxylic acids is 1. The van der Waals surface area contributed by atoms with Crippen LogP contribution in [0.25, 0.3) is 0 Å². The van der Waals surface area contributed by atoms with E-state index in [1.54, 1.807) is 0 Å². The van der Waals surface area contributed by atoms with E-state index in [1.165, 1.54) is 4.90 Å². The Balaban J connectivity index is 2.31. The molecule has 20 heavy (non-hydrogen) atoms. The number of aryl methyl sites for hydroxylation is 2. The first-order valence-electron chi connectivity index (χ1n) is 6.75. The first-order chi connectivity index (χ1) is 9.49. The van der Waals surface area contributed by atoms with Crippen molar-refractivity contribution in [3.05, 3.63) is 15.9 Å². The Hall–Kier alpha value is -1.37. The topological polar surface area (TPSA) is 75.4 Å². The van der Waals surface area contributed by atoms with Gasteiger partial charge in [0.15, 0.2) is 0 Å². The number of likely N-dealkylation sites (tertiary alicyclic amines) is 1. The van der Waals surface area contributed by atoms with Crippen LogP contribution in [-0.2, 0) is 29.1 Å². The van der Waals surface area contributed by atoms with Gasteiger partial charge in [-0.2, -0.15) is 5.10 Å². The quantitative estimate of drug-likeness (QED) is 0.884. The molecule has 1 aromatic heterocycles. The summed E-state index contributed by atoms with van der Waals surface area (Å²) in [4.78, 5) is 24.6. The summed E-state index contributed by atoms with van der Waals surface area (Å²) in [6, 6.07) is -0.723. The van der Waals surface area contributed by atoms with Crippen molar-refractivity contribution in [2.75, 3.05) is 0 Å². The fourth-order valence-electron chi connectivity index (χ4n) is 2.52. The summed E-state index contributed by atoms with van der Waals surface area (Å²) >= 11 is 3.52. The van der Waals surface area contributed by atoms with Crippen molar-refractivity contribution in [3.8, 4) is 0 Å². The maximum atomic E-state index is 11.9. The molecule has 0 aliphatic carbocycles. The highest BCUT2D eigenvalue weighted by Crippen LogP contribution is 2.27. The number of amides is 1. The van der Waals surface area contributed by atoms with Crippen LogP contribution in [0.5, 0.6) is 0 Å². The highest BCUT2D eigenvalue weighted by Gasteiger charge is 2.37. The molecular weight excluding hydrogens is 326 g/mol. The van der Waals surface area contributed by atoms with Crippen LogP contribution in [0.15, 0.2) is 4.47 Å². The van der Waals surface area contributed by atoms with E-state index in [9.17, 15) is 14.7 Å². The van der Waals surface area contributed by atoms with E-state index in [2.05, 4.69) is 21.0 Å². The third-order valence-corrected chi connectivity index (χ3v) is 4.54. The highest BCUT2D eigenvalue weighted by atomic mass is 79.9. The third-order valence-electron chi connectivity index (χ3n) is 3.63. The molecule has 1 fully saturated rings. The van der Waals surface area contributed by atoms with Crippen LogP contribution in [0.1, 0.15) is 38.1 Å². The zero-order valence-corrected chi connectivity index (χ0v) is 13.2. The second-order valence-electron chi connectivity index (χ2n) is 4.79. The lowest BCUT2D eigenvalue weighted by atomic mass is 10.2. The highest BCUT2D eigenvalue weighted by molar-refractivity contribution is 9.10. The van der Waals surface area contributed by atoms with E-state index < -0.39 is 12.0 Å². The minimum Gasteiger partial charge on any atom is -0.480 e. The summed E-state index contributed by atoms with van der Waals surface area (Å²) < 4.78 is 2.71. The van der Waals surface area contributed by atoms with Crippen molar-refractivity contribution in [2.45, 2.75) is 52.2 Å². The van der Waals surface area contributed by atoms with Gasteiger partial charge >= 0.3 is 5.97 Å². The van der Waals surface area contributed by atoms with Crippen LogP contribution in [0.2, 0.25) is 0 Å². The molecule has 2 rings (SSSR count). The monoisotopic (exact) mass is 343 g/mol. The number of halogens is 1. The van der Waals surface area contributed by atoms with Gasteiger partial charge in [-0.3, -0.25) is 9.48 Å². The zero-order chi connectivity index (χ0) is 14.9. The van der Waals surface area contributed by atoms with Gasteiger partial charge < -0.3 is 10.0 Å². The van der Waals surface area contributed by atoms with Gasteiger partial charge in [0.2, 0.25) is 5.91 Å². The Morgan fingerprint density at radius 3 is 2.75 bits per heavy atom. The zero-order valence-electron chi connectivity index (χ0n) is 11.6. The van der Waals surface area contributed by atoms with Crippen LogP contribution in [-0.4, -0.2) is 37.7 Å². The lowest BCUT2D eigenvalue weighted by Crippen LogP contribution is -2.38. The number of aromatic nitrogens is 2. The largest absolute Gasteiger partial charge is 0.480 e. The molecule has 1 N–H and O–H groups in total. The van der Waals surface area contributed by atoms with Gasteiger partial charge in [0.1, 0.15) is 6.04 Å². The second-order valence-corrected chi connectivity index (χ2v) is 5.58. The Morgan fingerprint density at radius 1 is 1.50 bits per heavy atom. The van der Waals surface area contributed by atoms with Crippen LogP contribution in [0.4, 0.5) is 0 Å². The molecular formula is C13H18BrN3O3. The molecule has 1 unspecified atom stereocenters. The summed E-state index contributed by atoms with van der Waals surface area (Å²) in [6.45, 7) is 4.96. The van der Waals surface area contributed by atoms with E-state index >= 15 is 0 Å². The van der Waals surface area contributed by atoms with Gasteiger partial charge in [0.05, 0.1) is 22.4 Å². The van der Waals surface area contributed by atoms with E-state index in [-0.39, 0.29) is 12.5 Å². The number of carbonyl (C=O) groups excluding carboxylic acids is 1. The van der Waals surface area contributed by atoms with E-state index in [0.29, 0.717) is 19.4 Å². The number of aliphatic carboxylic acids is 1. The molecule has 1 amide bonds. The van der Waals surface area contributed by atoms with Crippen molar-refractivity contribution < 1.29 is 14.7 Å². The molecule has 0 bridgehead atoms. The standard InChI is InChI=1S/C13H18BrN3O3/c1-3-8-12(14)10(17(4-2)15-8)7-16-9(13(19)20)5-6-11(16)18/h9H,3-7H2,1-2H3,(H,19,20). The minimum absolute atomic E-state index is 0.105. The van der Waals surface area contributed by atoms with Crippen molar-refractivity contribution in [2.24, 2.45) is 0 Å². The molecule has 0 saturated carbocycles. The molecule has 1 aliphatic heterocycles. The van der Waals surface area contributed by atoms with Crippen LogP contribution < -0.4 is 0 Å². The maximum absolute atomic E-state index is 11.9. The molecule has 1 aliphatic rings. The molecule has 1 aromatic rings. The lowest BCUT2D eigenvalue weighted by molar-refractivity contribution is -0.146. The number of hydrogen-bond acceptors (Lipinski definition) is 3. The Labute approximate surface area is 125 Å². The SMILES string of the molecule is CCc1nn(CC)c(CN2C(=O)CCC2C(=O)O)c1Br. The molecule has 0 radical (unpaired) electrons. The van der Waals surface area contributed by atoms with E-state index in [1.807, 2.05) is 18.5 Å². The third kappa shape index (κ3) is 2.59. The fourth-order valence-corrected chi connectivity index (χ4v) is 3.21. The molecule has 1 atom stereocenters. The summed E-state index contributed by atoms with van der Waals surface area (Å²) in [5, 5.41) is 13.7. The summed E-state index contributed by atoms with van der Waals surface area (Å²) in [5.74, 6) is -1.04. The van der Waals surface area contributed by atoms with Gasteiger partial charge in [0.25, 0.3) is 0 Å². The van der Waals surface area contributed by atoms with Crippen molar-refractivity contribution >= 4 is 27.8 Å². The van der Waals surface area contributed by atoms with Crippen LogP contribution >= 0.6 is 15.9 Å². The molecule has 0 aromatic carbocycles. The lowest BCUT2D eigenvalue weighted by Gasteiger charge is -2.22. The van der Waals surface area contributed by atoms with Gasteiger partial charge in [-0.15, -0.1) is 0 Å². The van der Waals surface area contributed by atoms with Crippen molar-refractivity contribution in [1.82, 2.24) is 14.7 Å². The number of hydrogen-bond donors (Lipinski definition) is 1. The first-order valence-corrected chi connectivity index (χ1v) is 7.55. The average molecular weight is 344 g/mol. The first kappa shape index (κ1) is 15.0.